The Morgan fingerprint density at radius 1 is 1.11 bits per heavy atom. The molecule has 7 heteroatoms. The molecule has 1 N–H and O–H groups in total. The van der Waals surface area contributed by atoms with Crippen molar-refractivity contribution in [3.05, 3.63) is 53.1 Å². The molecule has 1 fully saturated rings. The molecular weight excluding hydrogens is 378 g/mol. The molecule has 0 aromatic heterocycles. The number of rotatable bonds is 5. The summed E-state index contributed by atoms with van der Waals surface area (Å²) < 4.78 is 10.7. The van der Waals surface area contributed by atoms with Gasteiger partial charge in [0.15, 0.2) is 11.5 Å². The van der Waals surface area contributed by atoms with Crippen LogP contribution in [0.15, 0.2) is 42.5 Å². The maximum atomic E-state index is 12.7. The largest absolute Gasteiger partial charge is 0.454 e. The summed E-state index contributed by atoms with van der Waals surface area (Å²) in [5, 5.41) is 3.75. The van der Waals surface area contributed by atoms with Gasteiger partial charge in [-0.25, -0.2) is 0 Å². The summed E-state index contributed by atoms with van der Waals surface area (Å²) in [5.41, 5.74) is 1.94. The Kier molecular flexibility index (Phi) is 5.71. The van der Waals surface area contributed by atoms with Crippen LogP contribution in [0.5, 0.6) is 11.5 Å². The Morgan fingerprint density at radius 2 is 1.89 bits per heavy atom. The maximum Gasteiger partial charge on any atom is 0.241 e. The highest BCUT2D eigenvalue weighted by atomic mass is 35.5. The molecule has 6 nitrogen and oxygen atoms in total. The second-order valence-electron chi connectivity index (χ2n) is 7.18. The molecule has 0 bridgehead atoms. The van der Waals surface area contributed by atoms with Crippen molar-refractivity contribution < 1.29 is 14.3 Å². The molecule has 1 amide bonds. The van der Waals surface area contributed by atoms with E-state index in [1.807, 2.05) is 37.3 Å². The minimum Gasteiger partial charge on any atom is -0.454 e. The van der Waals surface area contributed by atoms with Crippen LogP contribution < -0.4 is 14.8 Å². The van der Waals surface area contributed by atoms with Gasteiger partial charge in [0, 0.05) is 49.5 Å². The number of hydrogen-bond acceptors (Lipinski definition) is 5. The smallest absolute Gasteiger partial charge is 0.241 e. The molecule has 2 aliphatic heterocycles. The number of carbonyl (C=O) groups excluding carboxylic acids is 1. The molecule has 0 spiro atoms. The van der Waals surface area contributed by atoms with Gasteiger partial charge in [-0.1, -0.05) is 23.7 Å². The third kappa shape index (κ3) is 4.41. The lowest BCUT2D eigenvalue weighted by atomic mass is 10.1. The number of piperazine rings is 1. The first-order valence-corrected chi connectivity index (χ1v) is 9.87. The molecule has 0 saturated carbocycles. The quantitative estimate of drug-likeness (QED) is 0.833. The average molecular weight is 402 g/mol. The highest BCUT2D eigenvalue weighted by molar-refractivity contribution is 6.30. The van der Waals surface area contributed by atoms with Gasteiger partial charge in [0.25, 0.3) is 0 Å². The first-order valence-electron chi connectivity index (χ1n) is 9.50. The van der Waals surface area contributed by atoms with Crippen LogP contribution in [0.4, 0.5) is 5.69 Å². The Balaban J connectivity index is 1.28. The molecule has 28 heavy (non-hydrogen) atoms. The molecule has 0 unspecified atom stereocenters. The van der Waals surface area contributed by atoms with Crippen molar-refractivity contribution in [3.63, 3.8) is 0 Å². The monoisotopic (exact) mass is 401 g/mol. The fourth-order valence-corrected chi connectivity index (χ4v) is 3.80. The van der Waals surface area contributed by atoms with Crippen LogP contribution in [0.2, 0.25) is 5.02 Å². The summed E-state index contributed by atoms with van der Waals surface area (Å²) in [7, 11) is 0. The molecular formula is C21H24ClN3O3. The van der Waals surface area contributed by atoms with Crippen LogP contribution in [0.1, 0.15) is 12.5 Å². The van der Waals surface area contributed by atoms with Gasteiger partial charge in [0.05, 0.1) is 6.04 Å². The number of anilines is 1. The molecule has 148 valence electrons. The number of halogens is 1. The van der Waals surface area contributed by atoms with Crippen molar-refractivity contribution in [1.82, 2.24) is 9.80 Å². The van der Waals surface area contributed by atoms with Crippen molar-refractivity contribution >= 4 is 23.2 Å². The third-order valence-electron chi connectivity index (χ3n) is 5.27. The lowest BCUT2D eigenvalue weighted by molar-refractivity contribution is -0.121. The lowest BCUT2D eigenvalue weighted by Gasteiger charge is -2.37. The standard InChI is InChI=1S/C21H24ClN3O3/c1-15(21(26)23-18-5-6-19-20(12-18)28-14-27-19)25-9-7-24(8-10-25)13-16-3-2-4-17(22)11-16/h2-6,11-12,15H,7-10,13-14H2,1H3,(H,23,26)/t15-/m1/s1. The van der Waals surface area contributed by atoms with Gasteiger partial charge >= 0.3 is 0 Å². The van der Waals surface area contributed by atoms with E-state index in [9.17, 15) is 4.79 Å². The summed E-state index contributed by atoms with van der Waals surface area (Å²) in [6, 6.07) is 13.2. The number of benzene rings is 2. The molecule has 2 aliphatic rings. The van der Waals surface area contributed by atoms with Gasteiger partial charge in [-0.05, 0) is 36.8 Å². The second-order valence-corrected chi connectivity index (χ2v) is 7.61. The fraction of sp³-hybridized carbons (Fsp3) is 0.381. The number of hydrogen-bond donors (Lipinski definition) is 1. The third-order valence-corrected chi connectivity index (χ3v) is 5.50. The Bertz CT molecular complexity index is 853. The maximum absolute atomic E-state index is 12.7. The zero-order valence-electron chi connectivity index (χ0n) is 15.9. The first-order chi connectivity index (χ1) is 13.6. The van der Waals surface area contributed by atoms with Crippen LogP contribution in [0.25, 0.3) is 0 Å². The van der Waals surface area contributed by atoms with Gasteiger partial charge in [-0.15, -0.1) is 0 Å². The van der Waals surface area contributed by atoms with Crippen LogP contribution in [0, 0.1) is 0 Å². The van der Waals surface area contributed by atoms with E-state index in [1.165, 1.54) is 5.56 Å². The molecule has 2 aromatic rings. The summed E-state index contributed by atoms with van der Waals surface area (Å²) in [5.74, 6) is 1.36. The van der Waals surface area contributed by atoms with E-state index in [2.05, 4.69) is 21.2 Å². The van der Waals surface area contributed by atoms with Crippen LogP contribution in [0.3, 0.4) is 0 Å². The van der Waals surface area contributed by atoms with E-state index in [1.54, 1.807) is 6.07 Å². The molecule has 0 radical (unpaired) electrons. The predicted octanol–water partition coefficient (Wildman–Crippen LogP) is 3.21. The molecule has 1 saturated heterocycles. The lowest BCUT2D eigenvalue weighted by Crippen LogP contribution is -2.52. The van der Waals surface area contributed by atoms with Crippen molar-refractivity contribution in [2.75, 3.05) is 38.3 Å². The SMILES string of the molecule is C[C@H](C(=O)Nc1ccc2c(c1)OCO2)N1CCN(Cc2cccc(Cl)c2)CC1. The Morgan fingerprint density at radius 3 is 2.68 bits per heavy atom. The van der Waals surface area contributed by atoms with Crippen LogP contribution >= 0.6 is 11.6 Å². The Hall–Kier alpha value is -2.28. The fourth-order valence-electron chi connectivity index (χ4n) is 3.59. The zero-order valence-corrected chi connectivity index (χ0v) is 16.6. The number of nitrogens with zero attached hydrogens (tertiary/aromatic N) is 2. The second kappa shape index (κ2) is 8.39. The molecule has 1 atom stereocenters. The van der Waals surface area contributed by atoms with Crippen LogP contribution in [-0.2, 0) is 11.3 Å². The van der Waals surface area contributed by atoms with Gasteiger partial charge in [0.2, 0.25) is 12.7 Å². The number of fused-ring (bicyclic) bond motifs is 1. The highest BCUT2D eigenvalue weighted by Crippen LogP contribution is 2.34. The number of carbonyl (C=O) groups is 1. The van der Waals surface area contributed by atoms with E-state index in [4.69, 9.17) is 21.1 Å². The van der Waals surface area contributed by atoms with Crippen LogP contribution in [-0.4, -0.2) is 54.7 Å². The number of amides is 1. The van der Waals surface area contributed by atoms with E-state index in [0.29, 0.717) is 11.5 Å². The first kappa shape index (κ1) is 19.1. The van der Waals surface area contributed by atoms with Gasteiger partial charge < -0.3 is 14.8 Å². The summed E-state index contributed by atoms with van der Waals surface area (Å²) in [6.45, 7) is 6.62. The number of nitrogens with one attached hydrogen (secondary N) is 1. The summed E-state index contributed by atoms with van der Waals surface area (Å²) in [4.78, 5) is 17.3. The van der Waals surface area contributed by atoms with Crippen molar-refractivity contribution in [1.29, 1.82) is 0 Å². The van der Waals surface area contributed by atoms with Gasteiger partial charge in [-0.3, -0.25) is 14.6 Å². The normalized spacial score (nSPS) is 18.1. The van der Waals surface area contributed by atoms with Gasteiger partial charge in [-0.2, -0.15) is 0 Å². The molecule has 4 rings (SSSR count). The molecule has 0 aliphatic carbocycles. The Labute approximate surface area is 170 Å². The van der Waals surface area contributed by atoms with Crippen molar-refractivity contribution in [3.8, 4) is 11.5 Å². The minimum absolute atomic E-state index is 0.0119. The van der Waals surface area contributed by atoms with Crippen molar-refractivity contribution in [2.45, 2.75) is 19.5 Å². The number of ether oxygens (including phenoxy) is 2. The zero-order chi connectivity index (χ0) is 19.5. The minimum atomic E-state index is -0.196. The molecule has 2 aromatic carbocycles. The van der Waals surface area contributed by atoms with E-state index in [0.717, 1.165) is 43.4 Å². The van der Waals surface area contributed by atoms with E-state index in [-0.39, 0.29) is 18.7 Å². The summed E-state index contributed by atoms with van der Waals surface area (Å²) >= 11 is 6.07. The molecule has 2 heterocycles. The highest BCUT2D eigenvalue weighted by Gasteiger charge is 2.26. The topological polar surface area (TPSA) is 54.0 Å². The van der Waals surface area contributed by atoms with E-state index < -0.39 is 0 Å². The van der Waals surface area contributed by atoms with E-state index >= 15 is 0 Å². The predicted molar refractivity (Wildman–Crippen MR) is 109 cm³/mol. The average Bonchev–Trinajstić information content (AvgIpc) is 3.16. The van der Waals surface area contributed by atoms with Gasteiger partial charge in [0.1, 0.15) is 0 Å². The summed E-state index contributed by atoms with van der Waals surface area (Å²) in [6.07, 6.45) is 0. The van der Waals surface area contributed by atoms with Crippen molar-refractivity contribution in [2.24, 2.45) is 0 Å².